The van der Waals surface area contributed by atoms with Crippen LogP contribution in [0, 0.1) is 0 Å². The first-order chi connectivity index (χ1) is 7.21. The van der Waals surface area contributed by atoms with Gasteiger partial charge in [-0.3, -0.25) is 4.57 Å². The summed E-state index contributed by atoms with van der Waals surface area (Å²) in [6, 6.07) is 7.20. The van der Waals surface area contributed by atoms with Gasteiger partial charge in [0.05, 0.1) is 18.5 Å². The van der Waals surface area contributed by atoms with Crippen molar-refractivity contribution in [1.82, 2.24) is 0 Å². The lowest BCUT2D eigenvalue weighted by Crippen LogP contribution is -2.05. The molecule has 1 N–H and O–H groups in total. The van der Waals surface area contributed by atoms with Crippen LogP contribution in [0.25, 0.3) is 0 Å². The Morgan fingerprint density at radius 2 is 2.27 bits per heavy atom. The largest absolute Gasteiger partial charge is 0.411 e. The highest BCUT2D eigenvalue weighted by atomic mass is 31.2. The highest BCUT2D eigenvalue weighted by Gasteiger charge is 2.38. The molecule has 1 atom stereocenters. The monoisotopic (exact) mass is 225 g/mol. The fourth-order valence-corrected chi connectivity index (χ4v) is 4.12. The minimum atomic E-state index is -2.82. The third-order valence-corrected chi connectivity index (χ3v) is 4.91. The highest BCUT2D eigenvalue weighted by Crippen LogP contribution is 2.51. The molecule has 1 heterocycles. The van der Waals surface area contributed by atoms with Gasteiger partial charge < -0.3 is 9.73 Å². The fourth-order valence-electron chi connectivity index (χ4n) is 1.79. The standard InChI is InChI=1S/C10H12NO3P/c1-2-14-15(13)7-9(11-12)8-5-3-4-6-10(8)15/h3-6,12H,2,7H2,1H3/b11-9+. The first-order valence-corrected chi connectivity index (χ1v) is 6.57. The predicted molar refractivity (Wildman–Crippen MR) is 58.5 cm³/mol. The van der Waals surface area contributed by atoms with Gasteiger partial charge in [-0.2, -0.15) is 0 Å². The van der Waals surface area contributed by atoms with E-state index in [0.717, 1.165) is 5.56 Å². The second-order valence-corrected chi connectivity index (χ2v) is 5.72. The summed E-state index contributed by atoms with van der Waals surface area (Å²) in [4.78, 5) is 0. The van der Waals surface area contributed by atoms with E-state index in [9.17, 15) is 4.57 Å². The van der Waals surface area contributed by atoms with Crippen LogP contribution in [0.15, 0.2) is 29.4 Å². The molecule has 5 heteroatoms. The zero-order valence-electron chi connectivity index (χ0n) is 8.38. The van der Waals surface area contributed by atoms with Crippen LogP contribution in [-0.4, -0.2) is 23.7 Å². The van der Waals surface area contributed by atoms with Gasteiger partial charge in [-0.1, -0.05) is 23.4 Å². The van der Waals surface area contributed by atoms with Crippen LogP contribution in [0.5, 0.6) is 0 Å². The third-order valence-electron chi connectivity index (χ3n) is 2.40. The number of nitrogens with zero attached hydrogens (tertiary/aromatic N) is 1. The molecule has 80 valence electrons. The zero-order chi connectivity index (χ0) is 10.9. The molecule has 0 fully saturated rings. The molecule has 0 saturated carbocycles. The SMILES string of the molecule is CCOP1(=O)C/C(=N\O)c2ccccc21. The molecule has 1 aromatic rings. The van der Waals surface area contributed by atoms with Crippen molar-refractivity contribution in [2.75, 3.05) is 12.8 Å². The van der Waals surface area contributed by atoms with Gasteiger partial charge in [-0.15, -0.1) is 0 Å². The summed E-state index contributed by atoms with van der Waals surface area (Å²) in [6.45, 7) is 2.20. The van der Waals surface area contributed by atoms with Gasteiger partial charge in [-0.25, -0.2) is 0 Å². The Morgan fingerprint density at radius 1 is 1.53 bits per heavy atom. The predicted octanol–water partition coefficient (Wildman–Crippen LogP) is 1.82. The van der Waals surface area contributed by atoms with Crippen molar-refractivity contribution in [2.24, 2.45) is 5.16 Å². The lowest BCUT2D eigenvalue weighted by molar-refractivity contribution is 0.318. The fraction of sp³-hybridized carbons (Fsp3) is 0.300. The molecule has 4 nitrogen and oxygen atoms in total. The summed E-state index contributed by atoms with van der Waals surface area (Å²) in [5, 5.41) is 12.7. The highest BCUT2D eigenvalue weighted by molar-refractivity contribution is 7.69. The van der Waals surface area contributed by atoms with Crippen LogP contribution >= 0.6 is 7.37 Å². The maximum atomic E-state index is 12.4. The molecule has 15 heavy (non-hydrogen) atoms. The second kappa shape index (κ2) is 3.80. The first kappa shape index (κ1) is 10.4. The summed E-state index contributed by atoms with van der Waals surface area (Å²) in [6.07, 6.45) is 0.191. The minimum absolute atomic E-state index is 0.191. The van der Waals surface area contributed by atoms with Crippen molar-refractivity contribution < 1.29 is 14.3 Å². The van der Waals surface area contributed by atoms with Crippen LogP contribution in [0.4, 0.5) is 0 Å². The van der Waals surface area contributed by atoms with Gasteiger partial charge in [0.1, 0.15) is 0 Å². The smallest absolute Gasteiger partial charge is 0.238 e. The topological polar surface area (TPSA) is 58.9 Å². The normalized spacial score (nSPS) is 26.9. The van der Waals surface area contributed by atoms with E-state index in [0.29, 0.717) is 17.6 Å². The molecule has 1 aliphatic rings. The Kier molecular flexibility index (Phi) is 2.63. The molecular formula is C10H12NO3P. The summed E-state index contributed by atoms with van der Waals surface area (Å²) in [5.74, 6) is 0. The lowest BCUT2D eigenvalue weighted by atomic mass is 10.1. The minimum Gasteiger partial charge on any atom is -0.411 e. The van der Waals surface area contributed by atoms with Gasteiger partial charge in [-0.05, 0) is 13.0 Å². The van der Waals surface area contributed by atoms with Crippen molar-refractivity contribution in [2.45, 2.75) is 6.92 Å². The Labute approximate surface area is 88.0 Å². The van der Waals surface area contributed by atoms with E-state index in [1.54, 1.807) is 19.1 Å². The number of benzene rings is 1. The van der Waals surface area contributed by atoms with E-state index in [-0.39, 0.29) is 6.16 Å². The van der Waals surface area contributed by atoms with Crippen molar-refractivity contribution >= 4 is 18.4 Å². The van der Waals surface area contributed by atoms with Crippen LogP contribution < -0.4 is 5.30 Å². The number of fused-ring (bicyclic) bond motifs is 1. The molecule has 1 aromatic carbocycles. The van der Waals surface area contributed by atoms with Gasteiger partial charge in [0.15, 0.2) is 0 Å². The van der Waals surface area contributed by atoms with Crippen molar-refractivity contribution in [3.05, 3.63) is 29.8 Å². The van der Waals surface area contributed by atoms with Crippen LogP contribution in [0.3, 0.4) is 0 Å². The molecule has 0 aliphatic carbocycles. The molecular weight excluding hydrogens is 213 g/mol. The van der Waals surface area contributed by atoms with E-state index < -0.39 is 7.37 Å². The maximum absolute atomic E-state index is 12.4. The molecule has 1 unspecified atom stereocenters. The van der Waals surface area contributed by atoms with E-state index in [1.165, 1.54) is 0 Å². The van der Waals surface area contributed by atoms with Crippen LogP contribution in [-0.2, 0) is 9.09 Å². The summed E-state index contributed by atoms with van der Waals surface area (Å²) >= 11 is 0. The Morgan fingerprint density at radius 3 is 2.93 bits per heavy atom. The van der Waals surface area contributed by atoms with Crippen molar-refractivity contribution in [3.8, 4) is 0 Å². The number of hydrogen-bond donors (Lipinski definition) is 1. The van der Waals surface area contributed by atoms with E-state index in [1.807, 2.05) is 12.1 Å². The number of oxime groups is 1. The molecule has 0 aromatic heterocycles. The Hall–Kier alpha value is -1.12. The van der Waals surface area contributed by atoms with Crippen molar-refractivity contribution in [1.29, 1.82) is 0 Å². The molecule has 0 spiro atoms. The first-order valence-electron chi connectivity index (χ1n) is 4.76. The van der Waals surface area contributed by atoms with E-state index >= 15 is 0 Å². The quantitative estimate of drug-likeness (QED) is 0.474. The van der Waals surface area contributed by atoms with E-state index in [4.69, 9.17) is 9.73 Å². The average molecular weight is 225 g/mol. The Balaban J connectivity index is 2.56. The van der Waals surface area contributed by atoms with E-state index in [2.05, 4.69) is 5.16 Å². The summed E-state index contributed by atoms with van der Waals surface area (Å²) < 4.78 is 17.7. The van der Waals surface area contributed by atoms with Crippen LogP contribution in [0.2, 0.25) is 0 Å². The maximum Gasteiger partial charge on any atom is 0.238 e. The lowest BCUT2D eigenvalue weighted by Gasteiger charge is -2.10. The summed E-state index contributed by atoms with van der Waals surface area (Å²) in [5.41, 5.74) is 1.18. The zero-order valence-corrected chi connectivity index (χ0v) is 9.28. The van der Waals surface area contributed by atoms with Gasteiger partial charge in [0.2, 0.25) is 7.37 Å². The number of rotatable bonds is 2. The molecule has 1 aliphatic heterocycles. The Bertz CT molecular complexity index is 456. The van der Waals surface area contributed by atoms with Gasteiger partial charge in [0.25, 0.3) is 0 Å². The molecule has 0 bridgehead atoms. The summed E-state index contributed by atoms with van der Waals surface area (Å²) in [7, 11) is -2.82. The third kappa shape index (κ3) is 1.60. The van der Waals surface area contributed by atoms with Gasteiger partial charge >= 0.3 is 0 Å². The van der Waals surface area contributed by atoms with Crippen LogP contribution in [0.1, 0.15) is 12.5 Å². The molecule has 2 rings (SSSR count). The van der Waals surface area contributed by atoms with Crippen molar-refractivity contribution in [3.63, 3.8) is 0 Å². The number of hydrogen-bond acceptors (Lipinski definition) is 4. The molecule has 0 radical (unpaired) electrons. The van der Waals surface area contributed by atoms with Gasteiger partial charge in [0, 0.05) is 10.9 Å². The average Bonchev–Trinajstić information content (AvgIpc) is 2.54. The molecule has 0 saturated heterocycles. The second-order valence-electron chi connectivity index (χ2n) is 3.31. The molecule has 0 amide bonds.